The summed E-state index contributed by atoms with van der Waals surface area (Å²) in [4.78, 5) is 0. The van der Waals surface area contributed by atoms with E-state index in [1.54, 1.807) is 0 Å². The van der Waals surface area contributed by atoms with Gasteiger partial charge in [0, 0.05) is 32.9 Å². The molecule has 0 spiro atoms. The van der Waals surface area contributed by atoms with Crippen LogP contribution in [0.4, 0.5) is 0 Å². The third kappa shape index (κ3) is 3.87. The van der Waals surface area contributed by atoms with Crippen LogP contribution in [0.3, 0.4) is 0 Å². The van der Waals surface area contributed by atoms with Crippen LogP contribution in [0.1, 0.15) is 0 Å². The Kier molecular flexibility index (Phi) is 5.57. The van der Waals surface area contributed by atoms with Crippen LogP contribution < -0.4 is 0 Å². The zero-order valence-electron chi connectivity index (χ0n) is 25.5. The number of fused-ring (bicyclic) bond motifs is 8. The first-order valence-corrected chi connectivity index (χ1v) is 16.0. The van der Waals surface area contributed by atoms with Gasteiger partial charge in [-0.25, -0.2) is 0 Å². The molecule has 0 fully saturated rings. The minimum atomic E-state index is 0.896. The average molecular weight is 601 g/mol. The molecular formula is C44H28N2O. The normalized spacial score (nSPS) is 11.8. The van der Waals surface area contributed by atoms with Crippen molar-refractivity contribution >= 4 is 54.8 Å². The smallest absolute Gasteiger partial charge is 0.161 e. The SMILES string of the molecule is c1ccc(-n2c3ccccc3c3c(-c4ccc(-c5ccc6oc7c8ccccc8n(-c8ccccc8)c7c6c5)cc4)cccc32)cc1. The molecule has 220 valence electrons. The van der Waals surface area contributed by atoms with Gasteiger partial charge in [-0.3, -0.25) is 0 Å². The Hall–Kier alpha value is -6.32. The number of benzene rings is 7. The molecule has 0 saturated heterocycles. The molecule has 10 aromatic rings. The first-order valence-electron chi connectivity index (χ1n) is 16.0. The Bertz CT molecular complexity index is 2760. The van der Waals surface area contributed by atoms with E-state index in [1.165, 1.54) is 44.2 Å². The highest BCUT2D eigenvalue weighted by molar-refractivity contribution is 6.17. The molecule has 0 aliphatic rings. The van der Waals surface area contributed by atoms with E-state index in [2.05, 4.69) is 179 Å². The second kappa shape index (κ2) is 10.1. The molecule has 0 atom stereocenters. The van der Waals surface area contributed by atoms with Gasteiger partial charge in [0.2, 0.25) is 0 Å². The first kappa shape index (κ1) is 26.0. The summed E-state index contributed by atoms with van der Waals surface area (Å²) in [5, 5.41) is 4.77. The predicted octanol–water partition coefficient (Wildman–Crippen LogP) is 12.0. The quantitative estimate of drug-likeness (QED) is 0.197. The number of hydrogen-bond donors (Lipinski definition) is 0. The number of furan rings is 1. The third-order valence-corrected chi connectivity index (χ3v) is 9.53. The van der Waals surface area contributed by atoms with Gasteiger partial charge in [0.05, 0.1) is 16.6 Å². The van der Waals surface area contributed by atoms with Crippen LogP contribution in [0.25, 0.3) is 88.4 Å². The molecule has 0 bridgehead atoms. The second-order valence-electron chi connectivity index (χ2n) is 12.1. The average Bonchev–Trinajstić information content (AvgIpc) is 3.79. The highest BCUT2D eigenvalue weighted by Crippen LogP contribution is 2.41. The molecule has 3 aromatic heterocycles. The fraction of sp³-hybridized carbons (Fsp3) is 0. The summed E-state index contributed by atoms with van der Waals surface area (Å²) in [5.74, 6) is 0. The summed E-state index contributed by atoms with van der Waals surface area (Å²) in [6, 6.07) is 60.6. The number of hydrogen-bond acceptors (Lipinski definition) is 1. The Labute approximate surface area is 271 Å². The zero-order chi connectivity index (χ0) is 30.9. The molecule has 3 nitrogen and oxygen atoms in total. The number of aromatic nitrogens is 2. The van der Waals surface area contributed by atoms with Crippen LogP contribution >= 0.6 is 0 Å². The van der Waals surface area contributed by atoms with Gasteiger partial charge >= 0.3 is 0 Å². The van der Waals surface area contributed by atoms with Crippen molar-refractivity contribution in [2.24, 2.45) is 0 Å². The Morgan fingerprint density at radius 1 is 0.383 bits per heavy atom. The highest BCUT2D eigenvalue weighted by Gasteiger charge is 2.20. The molecule has 0 saturated carbocycles. The lowest BCUT2D eigenvalue weighted by molar-refractivity contribution is 0.673. The molecule has 47 heavy (non-hydrogen) atoms. The van der Waals surface area contributed by atoms with E-state index in [1.807, 2.05) is 0 Å². The van der Waals surface area contributed by atoms with Crippen LogP contribution in [0.2, 0.25) is 0 Å². The molecule has 0 unspecified atom stereocenters. The van der Waals surface area contributed by atoms with Gasteiger partial charge in [-0.15, -0.1) is 0 Å². The first-order chi connectivity index (χ1) is 23.3. The van der Waals surface area contributed by atoms with Crippen molar-refractivity contribution in [2.45, 2.75) is 0 Å². The van der Waals surface area contributed by atoms with Gasteiger partial charge in [0.15, 0.2) is 5.58 Å². The van der Waals surface area contributed by atoms with Gasteiger partial charge in [0.25, 0.3) is 0 Å². The Morgan fingerprint density at radius 2 is 0.957 bits per heavy atom. The predicted molar refractivity (Wildman–Crippen MR) is 196 cm³/mol. The second-order valence-corrected chi connectivity index (χ2v) is 12.1. The van der Waals surface area contributed by atoms with E-state index in [0.29, 0.717) is 0 Å². The lowest BCUT2D eigenvalue weighted by Gasteiger charge is -2.10. The van der Waals surface area contributed by atoms with Gasteiger partial charge in [0.1, 0.15) is 11.1 Å². The molecule has 0 aliphatic carbocycles. The fourth-order valence-electron chi connectivity index (χ4n) is 7.45. The van der Waals surface area contributed by atoms with Crippen molar-refractivity contribution in [1.82, 2.24) is 9.13 Å². The minimum Gasteiger partial charge on any atom is -0.454 e. The van der Waals surface area contributed by atoms with E-state index in [4.69, 9.17) is 4.42 Å². The van der Waals surface area contributed by atoms with Gasteiger partial charge in [-0.2, -0.15) is 0 Å². The molecule has 3 heterocycles. The molecular weight excluding hydrogens is 572 g/mol. The summed E-state index contributed by atoms with van der Waals surface area (Å²) in [6.45, 7) is 0. The molecule has 0 N–H and O–H groups in total. The van der Waals surface area contributed by atoms with Crippen LogP contribution in [0.15, 0.2) is 174 Å². The largest absolute Gasteiger partial charge is 0.454 e. The van der Waals surface area contributed by atoms with E-state index in [0.717, 1.165) is 44.2 Å². The maximum Gasteiger partial charge on any atom is 0.161 e. The van der Waals surface area contributed by atoms with Crippen LogP contribution in [0.5, 0.6) is 0 Å². The van der Waals surface area contributed by atoms with Gasteiger partial charge in [-0.1, -0.05) is 109 Å². The minimum absolute atomic E-state index is 0.896. The van der Waals surface area contributed by atoms with Gasteiger partial charge < -0.3 is 13.6 Å². The van der Waals surface area contributed by atoms with Gasteiger partial charge in [-0.05, 0) is 82.9 Å². The summed E-state index contributed by atoms with van der Waals surface area (Å²) in [6.07, 6.45) is 0. The standard InChI is InChI=1S/C44H28N2O/c1-3-12-32(13-4-1)45-38-19-9-7-16-35(38)42-34(18-11-21-40(42)45)30-24-22-29(23-25-30)31-26-27-41-37(28-31)43-44(47-41)36-17-8-10-20-39(36)46(43)33-14-5-2-6-15-33/h1-28H. The number of nitrogens with zero attached hydrogens (tertiary/aromatic N) is 2. The molecule has 0 radical (unpaired) electrons. The highest BCUT2D eigenvalue weighted by atomic mass is 16.3. The van der Waals surface area contributed by atoms with Crippen molar-refractivity contribution in [3.05, 3.63) is 170 Å². The lowest BCUT2D eigenvalue weighted by Crippen LogP contribution is -1.93. The van der Waals surface area contributed by atoms with E-state index in [9.17, 15) is 0 Å². The van der Waals surface area contributed by atoms with E-state index in [-0.39, 0.29) is 0 Å². The maximum atomic E-state index is 6.52. The van der Waals surface area contributed by atoms with Crippen LogP contribution in [-0.4, -0.2) is 9.13 Å². The van der Waals surface area contributed by atoms with Crippen LogP contribution in [0, 0.1) is 0 Å². The molecule has 3 heteroatoms. The summed E-state index contributed by atoms with van der Waals surface area (Å²) >= 11 is 0. The van der Waals surface area contributed by atoms with Crippen molar-refractivity contribution in [3.63, 3.8) is 0 Å². The summed E-state index contributed by atoms with van der Waals surface area (Å²) in [5.41, 5.74) is 13.6. The van der Waals surface area contributed by atoms with Crippen molar-refractivity contribution in [1.29, 1.82) is 0 Å². The monoisotopic (exact) mass is 600 g/mol. The summed E-state index contributed by atoms with van der Waals surface area (Å²) in [7, 11) is 0. The van der Waals surface area contributed by atoms with Crippen molar-refractivity contribution in [2.75, 3.05) is 0 Å². The Balaban J connectivity index is 1.12. The molecule has 0 amide bonds. The Morgan fingerprint density at radius 3 is 1.70 bits per heavy atom. The molecule has 10 rings (SSSR count). The number of para-hydroxylation sites is 4. The van der Waals surface area contributed by atoms with E-state index < -0.39 is 0 Å². The maximum absolute atomic E-state index is 6.52. The zero-order valence-corrected chi connectivity index (χ0v) is 25.5. The van der Waals surface area contributed by atoms with Crippen molar-refractivity contribution in [3.8, 4) is 33.6 Å². The van der Waals surface area contributed by atoms with Crippen molar-refractivity contribution < 1.29 is 4.42 Å². The lowest BCUT2D eigenvalue weighted by atomic mass is 9.96. The fourth-order valence-corrected chi connectivity index (χ4v) is 7.45. The molecule has 0 aliphatic heterocycles. The topological polar surface area (TPSA) is 23.0 Å². The summed E-state index contributed by atoms with van der Waals surface area (Å²) < 4.78 is 11.2. The van der Waals surface area contributed by atoms with E-state index >= 15 is 0 Å². The third-order valence-electron chi connectivity index (χ3n) is 9.53. The molecule has 7 aromatic carbocycles. The van der Waals surface area contributed by atoms with Crippen LogP contribution in [-0.2, 0) is 0 Å². The number of rotatable bonds is 4.